The number of nitrogens with one attached hydrogen (secondary N) is 1. The molecule has 1 aromatic heterocycles. The van der Waals surface area contributed by atoms with Crippen molar-refractivity contribution in [1.29, 1.82) is 0 Å². The minimum atomic E-state index is 0.0395. The van der Waals surface area contributed by atoms with E-state index in [0.29, 0.717) is 11.3 Å². The Kier molecular flexibility index (Phi) is 2.79. The number of hydrogen-bond donors (Lipinski definition) is 2. The van der Waals surface area contributed by atoms with E-state index in [2.05, 4.69) is 30.0 Å². The maximum Gasteiger partial charge on any atom is 0.123 e. The van der Waals surface area contributed by atoms with Crippen molar-refractivity contribution in [2.75, 3.05) is 0 Å². The highest BCUT2D eigenvalue weighted by molar-refractivity contribution is 5.22. The summed E-state index contributed by atoms with van der Waals surface area (Å²) in [7, 11) is 0. The van der Waals surface area contributed by atoms with Gasteiger partial charge in [-0.3, -0.25) is 0 Å². The van der Waals surface area contributed by atoms with Crippen molar-refractivity contribution in [3.63, 3.8) is 0 Å². The number of H-pyrrole nitrogens is 1. The Morgan fingerprint density at radius 2 is 1.70 bits per heavy atom. The van der Waals surface area contributed by atoms with Gasteiger partial charge in [0.05, 0.1) is 6.04 Å². The van der Waals surface area contributed by atoms with Crippen LogP contribution in [0.15, 0.2) is 6.20 Å². The Morgan fingerprint density at radius 3 is 2.20 bits per heavy atom. The van der Waals surface area contributed by atoms with Gasteiger partial charge in [-0.1, -0.05) is 13.8 Å². The number of nitrogens with two attached hydrogens (primary N) is 1. The first-order valence-corrected chi connectivity index (χ1v) is 8.37. The Morgan fingerprint density at radius 1 is 1.15 bits per heavy atom. The summed E-state index contributed by atoms with van der Waals surface area (Å²) in [5, 5.41) is 0. The summed E-state index contributed by atoms with van der Waals surface area (Å²) in [5.41, 5.74) is 8.05. The quantitative estimate of drug-likeness (QED) is 0.885. The molecule has 0 radical (unpaired) electrons. The molecule has 1 heterocycles. The third kappa shape index (κ3) is 1.86. The van der Waals surface area contributed by atoms with Crippen molar-refractivity contribution in [2.24, 2.45) is 29.4 Å². The molecule has 5 rings (SSSR count). The molecule has 1 atom stereocenters. The largest absolute Gasteiger partial charge is 0.344 e. The maximum atomic E-state index is 6.25. The minimum absolute atomic E-state index is 0.0395. The third-order valence-electron chi connectivity index (χ3n) is 6.24. The molecule has 0 spiro atoms. The molecule has 0 amide bonds. The topological polar surface area (TPSA) is 54.7 Å². The second kappa shape index (κ2) is 4.33. The Bertz CT molecular complexity index is 467. The smallest absolute Gasteiger partial charge is 0.123 e. The minimum Gasteiger partial charge on any atom is -0.344 e. The molecule has 4 saturated carbocycles. The molecule has 3 nitrogen and oxygen atoms in total. The second-order valence-electron chi connectivity index (χ2n) is 8.15. The Balaban J connectivity index is 1.64. The highest BCUT2D eigenvalue weighted by atomic mass is 15.0. The Hall–Kier alpha value is -0.830. The summed E-state index contributed by atoms with van der Waals surface area (Å²) in [6.07, 6.45) is 10.7. The van der Waals surface area contributed by atoms with Gasteiger partial charge in [0.1, 0.15) is 5.82 Å². The molecular formula is C17H27N3. The SMILES string of the molecule is CC(C)C(N)c1ncc(C23CC4CC(CC(C4)C2)C3)[nH]1. The van der Waals surface area contributed by atoms with Crippen molar-refractivity contribution in [3.8, 4) is 0 Å². The van der Waals surface area contributed by atoms with Crippen LogP contribution in [0, 0.1) is 23.7 Å². The van der Waals surface area contributed by atoms with Gasteiger partial charge in [0.15, 0.2) is 0 Å². The molecule has 0 saturated heterocycles. The fourth-order valence-electron chi connectivity index (χ4n) is 5.53. The molecule has 1 unspecified atom stereocenters. The van der Waals surface area contributed by atoms with Gasteiger partial charge < -0.3 is 10.7 Å². The fourth-order valence-corrected chi connectivity index (χ4v) is 5.53. The molecule has 20 heavy (non-hydrogen) atoms. The van der Waals surface area contributed by atoms with Gasteiger partial charge in [0.25, 0.3) is 0 Å². The summed E-state index contributed by atoms with van der Waals surface area (Å²) < 4.78 is 0. The van der Waals surface area contributed by atoms with Crippen LogP contribution < -0.4 is 5.73 Å². The molecule has 4 bridgehead atoms. The van der Waals surface area contributed by atoms with Crippen LogP contribution in [0.2, 0.25) is 0 Å². The highest BCUT2D eigenvalue weighted by Crippen LogP contribution is 2.60. The molecule has 3 heteroatoms. The van der Waals surface area contributed by atoms with Crippen LogP contribution in [0.1, 0.15) is 69.9 Å². The standard InChI is InChI=1S/C17H27N3/c1-10(2)15(18)16-19-9-14(20-16)17-6-11-3-12(7-17)5-13(4-11)8-17/h9-13,15H,3-8,18H2,1-2H3,(H,19,20). The van der Waals surface area contributed by atoms with E-state index in [-0.39, 0.29) is 6.04 Å². The monoisotopic (exact) mass is 273 g/mol. The first kappa shape index (κ1) is 12.9. The van der Waals surface area contributed by atoms with Gasteiger partial charge in [0, 0.05) is 17.3 Å². The number of aromatic nitrogens is 2. The van der Waals surface area contributed by atoms with E-state index in [1.807, 2.05) is 0 Å². The van der Waals surface area contributed by atoms with Gasteiger partial charge in [-0.15, -0.1) is 0 Å². The molecule has 0 aliphatic heterocycles. The Labute approximate surface area is 121 Å². The average molecular weight is 273 g/mol. The van der Waals surface area contributed by atoms with Gasteiger partial charge in [-0.2, -0.15) is 0 Å². The summed E-state index contributed by atoms with van der Waals surface area (Å²) in [5.74, 6) is 4.36. The lowest BCUT2D eigenvalue weighted by atomic mass is 9.49. The van der Waals surface area contributed by atoms with Crippen LogP contribution in [-0.2, 0) is 5.41 Å². The number of rotatable bonds is 3. The van der Waals surface area contributed by atoms with Crippen LogP contribution >= 0.6 is 0 Å². The fraction of sp³-hybridized carbons (Fsp3) is 0.824. The summed E-state index contributed by atoms with van der Waals surface area (Å²) in [6.45, 7) is 4.33. The normalized spacial score (nSPS) is 40.5. The highest BCUT2D eigenvalue weighted by Gasteiger charge is 2.52. The van der Waals surface area contributed by atoms with Crippen LogP contribution in [0.4, 0.5) is 0 Å². The van der Waals surface area contributed by atoms with Crippen molar-refractivity contribution in [3.05, 3.63) is 17.7 Å². The molecule has 4 aliphatic rings. The third-order valence-corrected chi connectivity index (χ3v) is 6.24. The first-order chi connectivity index (χ1) is 9.56. The number of imidazole rings is 1. The first-order valence-electron chi connectivity index (χ1n) is 8.37. The van der Waals surface area contributed by atoms with Gasteiger partial charge in [0.2, 0.25) is 0 Å². The number of hydrogen-bond acceptors (Lipinski definition) is 2. The van der Waals surface area contributed by atoms with E-state index in [1.54, 1.807) is 0 Å². The van der Waals surface area contributed by atoms with Crippen molar-refractivity contribution in [2.45, 2.75) is 63.8 Å². The van der Waals surface area contributed by atoms with E-state index in [1.165, 1.54) is 44.2 Å². The lowest BCUT2D eigenvalue weighted by molar-refractivity contribution is -0.00708. The van der Waals surface area contributed by atoms with Crippen molar-refractivity contribution >= 4 is 0 Å². The van der Waals surface area contributed by atoms with Crippen LogP contribution in [0.5, 0.6) is 0 Å². The predicted molar refractivity (Wildman–Crippen MR) is 80.2 cm³/mol. The number of aromatic amines is 1. The van der Waals surface area contributed by atoms with Gasteiger partial charge in [-0.05, 0) is 62.2 Å². The van der Waals surface area contributed by atoms with Gasteiger partial charge >= 0.3 is 0 Å². The number of nitrogens with zero attached hydrogens (tertiary/aromatic N) is 1. The summed E-state index contributed by atoms with van der Waals surface area (Å²) in [4.78, 5) is 8.23. The molecule has 3 N–H and O–H groups in total. The maximum absolute atomic E-state index is 6.25. The second-order valence-corrected chi connectivity index (χ2v) is 8.15. The van der Waals surface area contributed by atoms with E-state index >= 15 is 0 Å². The van der Waals surface area contributed by atoms with Crippen LogP contribution in [0.3, 0.4) is 0 Å². The molecule has 1 aromatic rings. The van der Waals surface area contributed by atoms with E-state index in [9.17, 15) is 0 Å². The molecule has 4 aliphatic carbocycles. The lowest BCUT2D eigenvalue weighted by Crippen LogP contribution is -2.48. The van der Waals surface area contributed by atoms with Gasteiger partial charge in [-0.25, -0.2) is 4.98 Å². The average Bonchev–Trinajstić information content (AvgIpc) is 2.86. The van der Waals surface area contributed by atoms with E-state index in [4.69, 9.17) is 5.73 Å². The lowest BCUT2D eigenvalue weighted by Gasteiger charge is -2.56. The van der Waals surface area contributed by atoms with Crippen molar-refractivity contribution < 1.29 is 0 Å². The zero-order valence-corrected chi connectivity index (χ0v) is 12.7. The van der Waals surface area contributed by atoms with Crippen LogP contribution in [0.25, 0.3) is 0 Å². The molecular weight excluding hydrogens is 246 g/mol. The molecule has 110 valence electrons. The van der Waals surface area contributed by atoms with Crippen molar-refractivity contribution in [1.82, 2.24) is 9.97 Å². The zero-order valence-electron chi connectivity index (χ0n) is 12.7. The van der Waals surface area contributed by atoms with E-state index in [0.717, 1.165) is 23.6 Å². The summed E-state index contributed by atoms with van der Waals surface area (Å²) in [6, 6.07) is 0.0395. The zero-order chi connectivity index (χ0) is 13.9. The van der Waals surface area contributed by atoms with Crippen LogP contribution in [-0.4, -0.2) is 9.97 Å². The molecule has 0 aromatic carbocycles. The summed E-state index contributed by atoms with van der Waals surface area (Å²) >= 11 is 0. The predicted octanol–water partition coefficient (Wildman–Crippen LogP) is 3.53. The van der Waals surface area contributed by atoms with E-state index < -0.39 is 0 Å². The molecule has 4 fully saturated rings.